The van der Waals surface area contributed by atoms with E-state index in [0.29, 0.717) is 5.75 Å². The SMILES string of the molecule is O=C(O)[C@@H]1C[C@H](O)CN1C(=O)CSCc1ccccc1. The summed E-state index contributed by atoms with van der Waals surface area (Å²) in [5.41, 5.74) is 1.13. The number of carbonyl (C=O) groups excluding carboxylic acids is 1. The zero-order valence-corrected chi connectivity index (χ0v) is 11.8. The van der Waals surface area contributed by atoms with Gasteiger partial charge in [0.05, 0.1) is 11.9 Å². The molecule has 108 valence electrons. The van der Waals surface area contributed by atoms with Crippen LogP contribution in [0.5, 0.6) is 0 Å². The van der Waals surface area contributed by atoms with Crippen LogP contribution in [0.2, 0.25) is 0 Å². The molecule has 2 atom stereocenters. The summed E-state index contributed by atoms with van der Waals surface area (Å²) in [7, 11) is 0. The number of likely N-dealkylation sites (tertiary alicyclic amines) is 1. The zero-order valence-electron chi connectivity index (χ0n) is 10.9. The van der Waals surface area contributed by atoms with Crippen LogP contribution < -0.4 is 0 Å². The molecule has 0 spiro atoms. The second-order valence-corrected chi connectivity index (χ2v) is 5.75. The summed E-state index contributed by atoms with van der Waals surface area (Å²) in [6, 6.07) is 8.88. The van der Waals surface area contributed by atoms with Gasteiger partial charge in [-0.15, -0.1) is 11.8 Å². The van der Waals surface area contributed by atoms with Gasteiger partial charge in [-0.25, -0.2) is 4.79 Å². The van der Waals surface area contributed by atoms with E-state index in [1.54, 1.807) is 0 Å². The van der Waals surface area contributed by atoms with Crippen LogP contribution in [0.15, 0.2) is 30.3 Å². The minimum absolute atomic E-state index is 0.113. The summed E-state index contributed by atoms with van der Waals surface area (Å²) in [6.45, 7) is 0.113. The molecule has 1 aliphatic heterocycles. The summed E-state index contributed by atoms with van der Waals surface area (Å²) >= 11 is 1.45. The number of aliphatic hydroxyl groups excluding tert-OH is 1. The first-order chi connectivity index (χ1) is 9.58. The van der Waals surface area contributed by atoms with Gasteiger partial charge in [0.15, 0.2) is 0 Å². The predicted molar refractivity (Wildman–Crippen MR) is 76.4 cm³/mol. The van der Waals surface area contributed by atoms with E-state index in [1.165, 1.54) is 16.7 Å². The number of benzene rings is 1. The Morgan fingerprint density at radius 3 is 2.65 bits per heavy atom. The van der Waals surface area contributed by atoms with Crippen molar-refractivity contribution in [3.05, 3.63) is 35.9 Å². The third kappa shape index (κ3) is 3.74. The number of β-amino-alcohol motifs (C(OH)–C–C–N with tert-alkyl or cyclic N) is 1. The number of rotatable bonds is 5. The van der Waals surface area contributed by atoms with Gasteiger partial charge in [-0.3, -0.25) is 4.79 Å². The van der Waals surface area contributed by atoms with Crippen LogP contribution in [-0.2, 0) is 15.3 Å². The van der Waals surface area contributed by atoms with Gasteiger partial charge in [0.2, 0.25) is 5.91 Å². The Hall–Kier alpha value is -1.53. The van der Waals surface area contributed by atoms with E-state index in [9.17, 15) is 14.7 Å². The lowest BCUT2D eigenvalue weighted by atomic mass is 10.2. The molecule has 1 heterocycles. The Bertz CT molecular complexity index is 479. The number of aliphatic carboxylic acids is 1. The molecule has 0 unspecified atom stereocenters. The Balaban J connectivity index is 1.84. The Labute approximate surface area is 121 Å². The minimum atomic E-state index is -1.05. The molecule has 1 aromatic carbocycles. The number of carboxylic acids is 1. The van der Waals surface area contributed by atoms with Crippen molar-refractivity contribution in [2.24, 2.45) is 0 Å². The van der Waals surface area contributed by atoms with Gasteiger partial charge < -0.3 is 15.1 Å². The van der Waals surface area contributed by atoms with E-state index in [4.69, 9.17) is 5.11 Å². The van der Waals surface area contributed by atoms with Crippen LogP contribution in [0.1, 0.15) is 12.0 Å². The molecule has 1 saturated heterocycles. The monoisotopic (exact) mass is 295 g/mol. The number of hydrogen-bond donors (Lipinski definition) is 2. The average Bonchev–Trinajstić information content (AvgIpc) is 2.82. The van der Waals surface area contributed by atoms with Crippen LogP contribution in [0.25, 0.3) is 0 Å². The van der Waals surface area contributed by atoms with Gasteiger partial charge in [0, 0.05) is 18.7 Å². The lowest BCUT2D eigenvalue weighted by molar-refractivity contribution is -0.147. The smallest absolute Gasteiger partial charge is 0.326 e. The van der Waals surface area contributed by atoms with E-state index < -0.39 is 18.1 Å². The summed E-state index contributed by atoms with van der Waals surface area (Å²) < 4.78 is 0. The molecule has 1 aliphatic rings. The van der Waals surface area contributed by atoms with Crippen LogP contribution >= 0.6 is 11.8 Å². The van der Waals surface area contributed by atoms with Crippen LogP contribution in [-0.4, -0.2) is 51.4 Å². The topological polar surface area (TPSA) is 77.8 Å². The third-order valence-electron chi connectivity index (χ3n) is 3.22. The van der Waals surface area contributed by atoms with Gasteiger partial charge >= 0.3 is 5.97 Å². The highest BCUT2D eigenvalue weighted by Crippen LogP contribution is 2.20. The molecular formula is C14H17NO4S. The molecule has 0 bridgehead atoms. The quantitative estimate of drug-likeness (QED) is 0.846. The van der Waals surface area contributed by atoms with Gasteiger partial charge in [-0.05, 0) is 5.56 Å². The highest BCUT2D eigenvalue weighted by atomic mass is 32.2. The van der Waals surface area contributed by atoms with Gasteiger partial charge in [0.25, 0.3) is 0 Å². The standard InChI is InChI=1S/C14H17NO4S/c16-11-6-12(14(18)19)15(7-11)13(17)9-20-8-10-4-2-1-3-5-10/h1-5,11-12,16H,6-9H2,(H,18,19)/t11-,12-/m0/s1. The van der Waals surface area contributed by atoms with E-state index in [0.717, 1.165) is 5.56 Å². The van der Waals surface area contributed by atoms with E-state index in [-0.39, 0.29) is 24.6 Å². The highest BCUT2D eigenvalue weighted by Gasteiger charge is 2.38. The van der Waals surface area contributed by atoms with Crippen molar-refractivity contribution in [3.63, 3.8) is 0 Å². The fourth-order valence-corrected chi connectivity index (χ4v) is 3.11. The van der Waals surface area contributed by atoms with Crippen LogP contribution in [0.4, 0.5) is 0 Å². The first-order valence-corrected chi connectivity index (χ1v) is 7.55. The molecule has 2 rings (SSSR count). The first kappa shape index (κ1) is 14.9. The maximum Gasteiger partial charge on any atom is 0.326 e. The average molecular weight is 295 g/mol. The van der Waals surface area contributed by atoms with Crippen molar-refractivity contribution in [2.75, 3.05) is 12.3 Å². The highest BCUT2D eigenvalue weighted by molar-refractivity contribution is 7.99. The lowest BCUT2D eigenvalue weighted by Crippen LogP contribution is -2.41. The maximum absolute atomic E-state index is 12.0. The molecule has 0 aromatic heterocycles. The molecule has 1 aromatic rings. The molecule has 5 nitrogen and oxygen atoms in total. The molecule has 0 aliphatic carbocycles. The van der Waals surface area contributed by atoms with Crippen molar-refractivity contribution < 1.29 is 19.8 Å². The first-order valence-electron chi connectivity index (χ1n) is 6.40. The number of hydrogen-bond acceptors (Lipinski definition) is 4. The number of aliphatic hydroxyl groups is 1. The Kier molecular flexibility index (Phi) is 5.03. The fourth-order valence-electron chi connectivity index (χ4n) is 2.24. The Morgan fingerprint density at radius 1 is 1.30 bits per heavy atom. The van der Waals surface area contributed by atoms with Gasteiger partial charge in [0.1, 0.15) is 6.04 Å². The molecule has 2 N–H and O–H groups in total. The van der Waals surface area contributed by atoms with Crippen molar-refractivity contribution in [3.8, 4) is 0 Å². The van der Waals surface area contributed by atoms with Crippen LogP contribution in [0.3, 0.4) is 0 Å². The molecule has 0 saturated carbocycles. The molecule has 1 amide bonds. The summed E-state index contributed by atoms with van der Waals surface area (Å²) in [4.78, 5) is 24.3. The normalized spacial score (nSPS) is 21.9. The molecule has 1 fully saturated rings. The minimum Gasteiger partial charge on any atom is -0.480 e. The number of carbonyl (C=O) groups is 2. The molecule has 6 heteroatoms. The molecule has 0 radical (unpaired) electrons. The Morgan fingerprint density at radius 2 is 2.00 bits per heavy atom. The fraction of sp³-hybridized carbons (Fsp3) is 0.429. The third-order valence-corrected chi connectivity index (χ3v) is 4.21. The van der Waals surface area contributed by atoms with Crippen LogP contribution in [0, 0.1) is 0 Å². The van der Waals surface area contributed by atoms with Crippen molar-refractivity contribution in [2.45, 2.75) is 24.3 Å². The lowest BCUT2D eigenvalue weighted by Gasteiger charge is -2.20. The molecule has 20 heavy (non-hydrogen) atoms. The number of thioether (sulfide) groups is 1. The summed E-state index contributed by atoms with van der Waals surface area (Å²) in [6.07, 6.45) is -0.621. The van der Waals surface area contributed by atoms with E-state index in [1.807, 2.05) is 30.3 Å². The zero-order chi connectivity index (χ0) is 14.5. The van der Waals surface area contributed by atoms with Gasteiger partial charge in [-0.2, -0.15) is 0 Å². The second-order valence-electron chi connectivity index (χ2n) is 4.77. The maximum atomic E-state index is 12.0. The van der Waals surface area contributed by atoms with Gasteiger partial charge in [-0.1, -0.05) is 30.3 Å². The number of carboxylic acid groups (broad SMARTS) is 1. The van der Waals surface area contributed by atoms with E-state index in [2.05, 4.69) is 0 Å². The largest absolute Gasteiger partial charge is 0.480 e. The van der Waals surface area contributed by atoms with Crippen molar-refractivity contribution >= 4 is 23.6 Å². The second kappa shape index (κ2) is 6.76. The van der Waals surface area contributed by atoms with Crippen molar-refractivity contribution in [1.29, 1.82) is 0 Å². The number of amides is 1. The summed E-state index contributed by atoms with van der Waals surface area (Å²) in [5.74, 6) is -0.343. The summed E-state index contributed by atoms with van der Waals surface area (Å²) in [5, 5.41) is 18.5. The predicted octanol–water partition coefficient (Wildman–Crippen LogP) is 0.966. The van der Waals surface area contributed by atoms with Crippen molar-refractivity contribution in [1.82, 2.24) is 4.90 Å². The number of nitrogens with zero attached hydrogens (tertiary/aromatic N) is 1. The molecular weight excluding hydrogens is 278 g/mol. The van der Waals surface area contributed by atoms with E-state index >= 15 is 0 Å².